The van der Waals surface area contributed by atoms with E-state index in [9.17, 15) is 23.2 Å². The number of para-hydroxylation sites is 2. The van der Waals surface area contributed by atoms with E-state index in [4.69, 9.17) is 9.47 Å². The molecule has 2 aromatic carbocycles. The Balaban J connectivity index is 1.54. The number of esters is 1. The van der Waals surface area contributed by atoms with Crippen molar-refractivity contribution in [1.29, 1.82) is 0 Å². The van der Waals surface area contributed by atoms with Gasteiger partial charge in [-0.25, -0.2) is 8.78 Å². The van der Waals surface area contributed by atoms with Crippen LogP contribution in [0.5, 0.6) is 5.75 Å². The second-order valence-electron chi connectivity index (χ2n) is 6.30. The van der Waals surface area contributed by atoms with Crippen LogP contribution in [0.15, 0.2) is 42.5 Å². The molecule has 9 heteroatoms. The Morgan fingerprint density at radius 1 is 1.24 bits per heavy atom. The number of anilines is 2. The van der Waals surface area contributed by atoms with Gasteiger partial charge in [0, 0.05) is 12.6 Å². The van der Waals surface area contributed by atoms with Crippen LogP contribution in [0.2, 0.25) is 0 Å². The van der Waals surface area contributed by atoms with E-state index in [2.05, 4.69) is 5.32 Å². The van der Waals surface area contributed by atoms with E-state index < -0.39 is 29.6 Å². The number of hydrogen-bond donors (Lipinski definition) is 1. The molecule has 0 unspecified atom stereocenters. The van der Waals surface area contributed by atoms with E-state index >= 15 is 0 Å². The van der Waals surface area contributed by atoms with Crippen molar-refractivity contribution in [3.8, 4) is 5.75 Å². The van der Waals surface area contributed by atoms with E-state index in [0.29, 0.717) is 11.4 Å². The monoisotopic (exact) mass is 404 g/mol. The maximum Gasteiger partial charge on any atom is 0.308 e. The Labute approximate surface area is 165 Å². The van der Waals surface area contributed by atoms with Crippen molar-refractivity contribution in [2.45, 2.75) is 19.4 Å². The summed E-state index contributed by atoms with van der Waals surface area (Å²) in [7, 11) is 0. The molecule has 1 aliphatic heterocycles. The molecular formula is C20H18F2N2O5. The molecule has 1 heterocycles. The molecule has 0 bridgehead atoms. The van der Waals surface area contributed by atoms with Crippen molar-refractivity contribution < 1.29 is 32.6 Å². The fourth-order valence-corrected chi connectivity index (χ4v) is 2.74. The van der Waals surface area contributed by atoms with E-state index in [1.54, 1.807) is 24.3 Å². The van der Waals surface area contributed by atoms with Gasteiger partial charge >= 0.3 is 5.97 Å². The summed E-state index contributed by atoms with van der Waals surface area (Å²) in [6, 6.07) is 9.53. The standard InChI is InChI=1S/C20H18F2N2O5/c1-12(20(27)23-15-10-13(21)6-7-14(15)22)29-19(26)8-9-24-16-4-2-3-5-17(16)28-11-18(24)25/h2-7,10,12H,8-9,11H2,1H3,(H,23,27)/t12-/m0/s1. The van der Waals surface area contributed by atoms with Gasteiger partial charge < -0.3 is 19.7 Å². The molecule has 7 nitrogen and oxygen atoms in total. The summed E-state index contributed by atoms with van der Waals surface area (Å²) in [4.78, 5) is 37.7. The minimum absolute atomic E-state index is 0.0465. The molecule has 0 radical (unpaired) electrons. The molecule has 29 heavy (non-hydrogen) atoms. The Kier molecular flexibility index (Phi) is 6.06. The first-order valence-corrected chi connectivity index (χ1v) is 8.82. The molecule has 1 N–H and O–H groups in total. The van der Waals surface area contributed by atoms with E-state index in [-0.39, 0.29) is 31.2 Å². The highest BCUT2D eigenvalue weighted by molar-refractivity contribution is 5.98. The van der Waals surface area contributed by atoms with Crippen LogP contribution in [0.1, 0.15) is 13.3 Å². The molecule has 0 fully saturated rings. The van der Waals surface area contributed by atoms with Crippen LogP contribution in [-0.2, 0) is 19.1 Å². The average molecular weight is 404 g/mol. The predicted octanol–water partition coefficient (Wildman–Crippen LogP) is 2.65. The number of halogens is 2. The van der Waals surface area contributed by atoms with Gasteiger partial charge in [0.25, 0.3) is 11.8 Å². The summed E-state index contributed by atoms with van der Waals surface area (Å²) in [5.41, 5.74) is 0.192. The second-order valence-corrected chi connectivity index (χ2v) is 6.30. The van der Waals surface area contributed by atoms with Crippen LogP contribution >= 0.6 is 0 Å². The molecule has 152 valence electrons. The normalized spacial score (nSPS) is 13.9. The van der Waals surface area contributed by atoms with Crippen molar-refractivity contribution in [2.24, 2.45) is 0 Å². The van der Waals surface area contributed by atoms with E-state index in [1.807, 2.05) is 0 Å². The molecule has 0 saturated heterocycles. The largest absolute Gasteiger partial charge is 0.482 e. The van der Waals surface area contributed by atoms with Crippen molar-refractivity contribution in [2.75, 3.05) is 23.4 Å². The van der Waals surface area contributed by atoms with Gasteiger partial charge in [0.2, 0.25) is 0 Å². The molecule has 0 aromatic heterocycles. The molecule has 1 atom stereocenters. The highest BCUT2D eigenvalue weighted by Gasteiger charge is 2.26. The predicted molar refractivity (Wildman–Crippen MR) is 99.4 cm³/mol. The summed E-state index contributed by atoms with van der Waals surface area (Å²) < 4.78 is 37.1. The zero-order valence-corrected chi connectivity index (χ0v) is 15.5. The number of benzene rings is 2. The zero-order valence-electron chi connectivity index (χ0n) is 15.5. The van der Waals surface area contributed by atoms with Crippen LogP contribution in [0.3, 0.4) is 0 Å². The molecule has 2 aromatic rings. The Morgan fingerprint density at radius 3 is 2.79 bits per heavy atom. The molecular weight excluding hydrogens is 386 g/mol. The summed E-state index contributed by atoms with van der Waals surface area (Å²) in [6.45, 7) is 1.22. The second kappa shape index (κ2) is 8.68. The first-order chi connectivity index (χ1) is 13.8. The number of hydrogen-bond acceptors (Lipinski definition) is 5. The molecule has 1 aliphatic rings. The third-order valence-electron chi connectivity index (χ3n) is 4.21. The zero-order chi connectivity index (χ0) is 21.0. The maximum absolute atomic E-state index is 13.6. The third kappa shape index (κ3) is 4.87. The van der Waals surface area contributed by atoms with Crippen LogP contribution in [0, 0.1) is 11.6 Å². The summed E-state index contributed by atoms with van der Waals surface area (Å²) in [6.07, 6.45) is -1.40. The number of ether oxygens (including phenoxy) is 2. The Bertz CT molecular complexity index is 950. The molecule has 2 amide bonds. The number of rotatable bonds is 6. The molecule has 0 spiro atoms. The van der Waals surface area contributed by atoms with Gasteiger partial charge in [-0.05, 0) is 31.2 Å². The molecule has 0 aliphatic carbocycles. The summed E-state index contributed by atoms with van der Waals surface area (Å²) >= 11 is 0. The highest BCUT2D eigenvalue weighted by atomic mass is 19.1. The lowest BCUT2D eigenvalue weighted by molar-refractivity contribution is -0.153. The van der Waals surface area contributed by atoms with Gasteiger partial charge in [0.05, 0.1) is 17.8 Å². The quantitative estimate of drug-likeness (QED) is 0.749. The number of carbonyl (C=O) groups is 3. The van der Waals surface area contributed by atoms with Gasteiger partial charge in [-0.3, -0.25) is 14.4 Å². The van der Waals surface area contributed by atoms with Gasteiger partial charge in [-0.15, -0.1) is 0 Å². The number of carbonyl (C=O) groups excluding carboxylic acids is 3. The first-order valence-electron chi connectivity index (χ1n) is 8.82. The fourth-order valence-electron chi connectivity index (χ4n) is 2.74. The van der Waals surface area contributed by atoms with Gasteiger partial charge in [0.1, 0.15) is 17.4 Å². The minimum Gasteiger partial charge on any atom is -0.482 e. The average Bonchev–Trinajstić information content (AvgIpc) is 2.69. The Morgan fingerprint density at radius 2 is 2.00 bits per heavy atom. The van der Waals surface area contributed by atoms with Crippen molar-refractivity contribution in [3.05, 3.63) is 54.1 Å². The van der Waals surface area contributed by atoms with Crippen molar-refractivity contribution in [1.82, 2.24) is 0 Å². The molecule has 0 saturated carbocycles. The van der Waals surface area contributed by atoms with Crippen LogP contribution in [0.4, 0.5) is 20.2 Å². The number of nitrogens with one attached hydrogen (secondary N) is 1. The SMILES string of the molecule is C[C@H](OC(=O)CCN1C(=O)COc2ccccc21)C(=O)Nc1cc(F)ccc1F. The topological polar surface area (TPSA) is 84.9 Å². The summed E-state index contributed by atoms with van der Waals surface area (Å²) in [5.74, 6) is -2.83. The van der Waals surface area contributed by atoms with E-state index in [1.165, 1.54) is 11.8 Å². The van der Waals surface area contributed by atoms with Crippen LogP contribution in [0.25, 0.3) is 0 Å². The number of nitrogens with zero attached hydrogens (tertiary/aromatic N) is 1. The lowest BCUT2D eigenvalue weighted by Gasteiger charge is -2.29. The van der Waals surface area contributed by atoms with Crippen molar-refractivity contribution >= 4 is 29.2 Å². The van der Waals surface area contributed by atoms with Crippen LogP contribution in [-0.4, -0.2) is 37.0 Å². The maximum atomic E-state index is 13.6. The van der Waals surface area contributed by atoms with E-state index in [0.717, 1.165) is 18.2 Å². The van der Waals surface area contributed by atoms with Gasteiger partial charge in [-0.2, -0.15) is 0 Å². The lowest BCUT2D eigenvalue weighted by atomic mass is 10.2. The highest BCUT2D eigenvalue weighted by Crippen LogP contribution is 2.31. The fraction of sp³-hybridized carbons (Fsp3) is 0.250. The lowest BCUT2D eigenvalue weighted by Crippen LogP contribution is -2.40. The summed E-state index contributed by atoms with van der Waals surface area (Å²) in [5, 5.41) is 2.17. The molecule has 3 rings (SSSR count). The smallest absolute Gasteiger partial charge is 0.308 e. The van der Waals surface area contributed by atoms with Crippen molar-refractivity contribution in [3.63, 3.8) is 0 Å². The van der Waals surface area contributed by atoms with Gasteiger partial charge in [0.15, 0.2) is 12.7 Å². The first kappa shape index (κ1) is 20.2. The van der Waals surface area contributed by atoms with Crippen LogP contribution < -0.4 is 15.0 Å². The minimum atomic E-state index is -1.24. The number of fused-ring (bicyclic) bond motifs is 1. The number of amides is 2. The third-order valence-corrected chi connectivity index (χ3v) is 4.21. The Hall–Kier alpha value is -3.49. The van der Waals surface area contributed by atoms with Gasteiger partial charge in [-0.1, -0.05) is 12.1 Å².